The van der Waals surface area contributed by atoms with Gasteiger partial charge < -0.3 is 5.32 Å². The SMILES string of the molecule is CC(C)(C)C(=O)CNC(=O)C1CCC1. The second-order valence-electron chi connectivity index (χ2n) is 5.02. The Morgan fingerprint density at radius 2 is 1.86 bits per heavy atom. The van der Waals surface area contributed by atoms with Crippen LogP contribution in [0.2, 0.25) is 0 Å². The summed E-state index contributed by atoms with van der Waals surface area (Å²) in [4.78, 5) is 22.9. The molecular weight excluding hydrogens is 178 g/mol. The van der Waals surface area contributed by atoms with Gasteiger partial charge in [0.15, 0.2) is 5.78 Å². The Kier molecular flexibility index (Phi) is 3.29. The van der Waals surface area contributed by atoms with Gasteiger partial charge in [-0.05, 0) is 12.8 Å². The summed E-state index contributed by atoms with van der Waals surface area (Å²) in [5.41, 5.74) is -0.354. The van der Waals surface area contributed by atoms with Crippen molar-refractivity contribution in [3.63, 3.8) is 0 Å². The summed E-state index contributed by atoms with van der Waals surface area (Å²) in [6, 6.07) is 0. The molecule has 0 aromatic heterocycles. The van der Waals surface area contributed by atoms with E-state index in [4.69, 9.17) is 0 Å². The number of carbonyl (C=O) groups excluding carboxylic acids is 2. The molecule has 14 heavy (non-hydrogen) atoms. The maximum Gasteiger partial charge on any atom is 0.223 e. The fraction of sp³-hybridized carbons (Fsp3) is 0.818. The smallest absolute Gasteiger partial charge is 0.223 e. The zero-order valence-electron chi connectivity index (χ0n) is 9.22. The van der Waals surface area contributed by atoms with Crippen molar-refractivity contribution >= 4 is 11.7 Å². The Balaban J connectivity index is 2.26. The van der Waals surface area contributed by atoms with Gasteiger partial charge in [-0.15, -0.1) is 0 Å². The van der Waals surface area contributed by atoms with E-state index in [2.05, 4.69) is 5.32 Å². The van der Waals surface area contributed by atoms with Crippen molar-refractivity contribution in [2.45, 2.75) is 40.0 Å². The first-order chi connectivity index (χ1) is 6.41. The van der Waals surface area contributed by atoms with Gasteiger partial charge >= 0.3 is 0 Å². The number of Topliss-reactive ketones (excluding diaryl/α,β-unsaturated/α-hetero) is 1. The second-order valence-corrected chi connectivity index (χ2v) is 5.02. The first kappa shape index (κ1) is 11.2. The van der Waals surface area contributed by atoms with E-state index in [1.54, 1.807) is 0 Å². The molecule has 0 saturated heterocycles. The van der Waals surface area contributed by atoms with Crippen molar-refractivity contribution in [3.8, 4) is 0 Å². The average Bonchev–Trinajstić information content (AvgIpc) is 1.94. The summed E-state index contributed by atoms with van der Waals surface area (Å²) >= 11 is 0. The van der Waals surface area contributed by atoms with Crippen LogP contribution in [-0.2, 0) is 9.59 Å². The molecule has 0 bridgehead atoms. The van der Waals surface area contributed by atoms with Gasteiger partial charge in [0.05, 0.1) is 6.54 Å². The Morgan fingerprint density at radius 3 is 2.21 bits per heavy atom. The average molecular weight is 197 g/mol. The van der Waals surface area contributed by atoms with Crippen LogP contribution in [0.15, 0.2) is 0 Å². The van der Waals surface area contributed by atoms with Crippen molar-refractivity contribution in [3.05, 3.63) is 0 Å². The molecule has 0 aromatic carbocycles. The van der Waals surface area contributed by atoms with Gasteiger partial charge in [0.1, 0.15) is 0 Å². The van der Waals surface area contributed by atoms with Crippen molar-refractivity contribution < 1.29 is 9.59 Å². The van der Waals surface area contributed by atoms with Gasteiger partial charge in [-0.1, -0.05) is 27.2 Å². The molecule has 1 rings (SSSR count). The third-order valence-electron chi connectivity index (χ3n) is 2.74. The minimum atomic E-state index is -0.354. The molecule has 1 aliphatic carbocycles. The van der Waals surface area contributed by atoms with E-state index < -0.39 is 0 Å². The standard InChI is InChI=1S/C11H19NO2/c1-11(2,3)9(13)7-12-10(14)8-5-4-6-8/h8H,4-7H2,1-3H3,(H,12,14). The summed E-state index contributed by atoms with van der Waals surface area (Å²) < 4.78 is 0. The first-order valence-electron chi connectivity index (χ1n) is 5.22. The van der Waals surface area contributed by atoms with Crippen LogP contribution in [0.1, 0.15) is 40.0 Å². The van der Waals surface area contributed by atoms with Crippen molar-refractivity contribution in [1.29, 1.82) is 0 Å². The third-order valence-corrected chi connectivity index (χ3v) is 2.74. The highest BCUT2D eigenvalue weighted by Crippen LogP contribution is 2.26. The molecular formula is C11H19NO2. The Hall–Kier alpha value is -0.860. The third kappa shape index (κ3) is 2.82. The normalized spacial score (nSPS) is 17.4. The predicted molar refractivity (Wildman–Crippen MR) is 54.8 cm³/mol. The van der Waals surface area contributed by atoms with Crippen molar-refractivity contribution in [2.24, 2.45) is 11.3 Å². The molecule has 1 amide bonds. The molecule has 0 heterocycles. The molecule has 0 radical (unpaired) electrons. The number of ketones is 1. The summed E-state index contributed by atoms with van der Waals surface area (Å²) in [5, 5.41) is 2.70. The molecule has 0 aromatic rings. The predicted octanol–water partition coefficient (Wildman–Crippen LogP) is 1.52. The van der Waals surface area contributed by atoms with Gasteiger partial charge in [-0.3, -0.25) is 9.59 Å². The highest BCUT2D eigenvalue weighted by Gasteiger charge is 2.27. The van der Waals surface area contributed by atoms with Gasteiger partial charge in [-0.2, -0.15) is 0 Å². The maximum atomic E-state index is 11.5. The topological polar surface area (TPSA) is 46.2 Å². The summed E-state index contributed by atoms with van der Waals surface area (Å²) in [6.45, 7) is 5.78. The van der Waals surface area contributed by atoms with Crippen molar-refractivity contribution in [2.75, 3.05) is 6.54 Å². The van der Waals surface area contributed by atoms with Gasteiger partial charge in [0.25, 0.3) is 0 Å². The Morgan fingerprint density at radius 1 is 1.29 bits per heavy atom. The summed E-state index contributed by atoms with van der Waals surface area (Å²) in [6.07, 6.45) is 3.11. The van der Waals surface area contributed by atoms with Crippen LogP contribution in [0.4, 0.5) is 0 Å². The van der Waals surface area contributed by atoms with E-state index in [1.165, 1.54) is 0 Å². The summed E-state index contributed by atoms with van der Waals surface area (Å²) in [5.74, 6) is 0.307. The number of carbonyl (C=O) groups is 2. The maximum absolute atomic E-state index is 11.5. The lowest BCUT2D eigenvalue weighted by Crippen LogP contribution is -2.40. The van der Waals surface area contributed by atoms with Crippen LogP contribution >= 0.6 is 0 Å². The number of amides is 1. The van der Waals surface area contributed by atoms with Crippen LogP contribution in [0.5, 0.6) is 0 Å². The molecule has 0 unspecified atom stereocenters. The molecule has 80 valence electrons. The van der Waals surface area contributed by atoms with Crippen LogP contribution < -0.4 is 5.32 Å². The fourth-order valence-electron chi connectivity index (χ4n) is 1.25. The largest absolute Gasteiger partial charge is 0.349 e. The lowest BCUT2D eigenvalue weighted by molar-refractivity contribution is -0.132. The minimum Gasteiger partial charge on any atom is -0.349 e. The first-order valence-corrected chi connectivity index (χ1v) is 5.22. The molecule has 3 nitrogen and oxygen atoms in total. The van der Waals surface area contributed by atoms with E-state index in [9.17, 15) is 9.59 Å². The van der Waals surface area contributed by atoms with Crippen LogP contribution in [0.25, 0.3) is 0 Å². The van der Waals surface area contributed by atoms with Gasteiger partial charge in [-0.25, -0.2) is 0 Å². The monoisotopic (exact) mass is 197 g/mol. The molecule has 1 saturated carbocycles. The highest BCUT2D eigenvalue weighted by molar-refractivity contribution is 5.90. The molecule has 3 heteroatoms. The molecule has 0 spiro atoms. The number of nitrogens with one attached hydrogen (secondary N) is 1. The van der Waals surface area contributed by atoms with E-state index in [1.807, 2.05) is 20.8 Å². The van der Waals surface area contributed by atoms with Crippen molar-refractivity contribution in [1.82, 2.24) is 5.32 Å². The Labute approximate surface area is 85.3 Å². The highest BCUT2D eigenvalue weighted by atomic mass is 16.2. The second kappa shape index (κ2) is 4.11. The summed E-state index contributed by atoms with van der Waals surface area (Å²) in [7, 11) is 0. The fourth-order valence-corrected chi connectivity index (χ4v) is 1.25. The quantitative estimate of drug-likeness (QED) is 0.745. The zero-order chi connectivity index (χ0) is 10.8. The molecule has 0 aliphatic heterocycles. The van der Waals surface area contributed by atoms with Crippen LogP contribution in [0.3, 0.4) is 0 Å². The van der Waals surface area contributed by atoms with E-state index in [0.29, 0.717) is 0 Å². The molecule has 1 N–H and O–H groups in total. The Bertz CT molecular complexity index is 236. The lowest BCUT2D eigenvalue weighted by atomic mass is 9.84. The van der Waals surface area contributed by atoms with Gasteiger partial charge in [0.2, 0.25) is 5.91 Å². The van der Waals surface area contributed by atoms with E-state index in [-0.39, 0.29) is 29.6 Å². The molecule has 1 aliphatic rings. The zero-order valence-corrected chi connectivity index (χ0v) is 9.22. The van der Waals surface area contributed by atoms with Gasteiger partial charge in [0, 0.05) is 11.3 Å². The number of hydrogen-bond acceptors (Lipinski definition) is 2. The number of hydrogen-bond donors (Lipinski definition) is 1. The minimum absolute atomic E-state index is 0.0499. The lowest BCUT2D eigenvalue weighted by Gasteiger charge is -2.25. The van der Waals surface area contributed by atoms with E-state index >= 15 is 0 Å². The van der Waals surface area contributed by atoms with Crippen LogP contribution in [0, 0.1) is 11.3 Å². The van der Waals surface area contributed by atoms with Crippen LogP contribution in [-0.4, -0.2) is 18.2 Å². The molecule has 0 atom stereocenters. The number of rotatable bonds is 3. The van der Waals surface area contributed by atoms with E-state index in [0.717, 1.165) is 19.3 Å². The molecule has 1 fully saturated rings.